The Morgan fingerprint density at radius 2 is 2.07 bits per heavy atom. The average molecular weight is 419 g/mol. The molecule has 3 rings (SSSR count). The van der Waals surface area contributed by atoms with Gasteiger partial charge in [-0.15, -0.1) is 0 Å². The number of carbonyl (C=O) groups excluding carboxylic acids is 1. The van der Waals surface area contributed by atoms with E-state index in [1.807, 2.05) is 24.3 Å². The third-order valence-electron chi connectivity index (χ3n) is 5.19. The zero-order chi connectivity index (χ0) is 21.0. The molecule has 0 radical (unpaired) electrons. The summed E-state index contributed by atoms with van der Waals surface area (Å²) in [5, 5.41) is 9.53. The average Bonchev–Trinajstić information content (AvgIpc) is 3.47. The normalized spacial score (nSPS) is 21.6. The fourth-order valence-electron chi connectivity index (χ4n) is 3.54. The highest BCUT2D eigenvalue weighted by molar-refractivity contribution is 5.94. The smallest absolute Gasteiger partial charge is 0.253 e. The molecule has 8 heteroatoms. The first-order chi connectivity index (χ1) is 14.7. The molecule has 2 heterocycles. The molecule has 0 spiro atoms. The van der Waals surface area contributed by atoms with Crippen LogP contribution in [-0.2, 0) is 25.5 Å². The molecule has 2 aliphatic heterocycles. The summed E-state index contributed by atoms with van der Waals surface area (Å²) in [6.07, 6.45) is 4.82. The molecule has 2 aliphatic rings. The highest BCUT2D eigenvalue weighted by Gasteiger charge is 2.23. The molecule has 8 nitrogen and oxygen atoms in total. The summed E-state index contributed by atoms with van der Waals surface area (Å²) >= 11 is 0. The van der Waals surface area contributed by atoms with Gasteiger partial charge in [-0.3, -0.25) is 9.79 Å². The van der Waals surface area contributed by atoms with Crippen molar-refractivity contribution in [2.75, 3.05) is 45.3 Å². The minimum atomic E-state index is -0.329. The Morgan fingerprint density at radius 3 is 2.83 bits per heavy atom. The fourth-order valence-corrected chi connectivity index (χ4v) is 3.54. The summed E-state index contributed by atoms with van der Waals surface area (Å²) < 4.78 is 16.7. The van der Waals surface area contributed by atoms with E-state index in [0.29, 0.717) is 26.4 Å². The van der Waals surface area contributed by atoms with Crippen LogP contribution in [0.4, 0.5) is 5.69 Å². The minimum absolute atomic E-state index is 0.0724. The number of hydrogen-bond acceptors (Lipinski definition) is 5. The second-order valence-corrected chi connectivity index (χ2v) is 7.61. The van der Waals surface area contributed by atoms with Crippen LogP contribution >= 0.6 is 0 Å². The van der Waals surface area contributed by atoms with Gasteiger partial charge in [0.25, 0.3) is 5.91 Å². The number of carbonyl (C=O) groups is 1. The molecule has 30 heavy (non-hydrogen) atoms. The lowest BCUT2D eigenvalue weighted by atomic mass is 10.2. The van der Waals surface area contributed by atoms with Gasteiger partial charge in [0.1, 0.15) is 6.10 Å². The van der Waals surface area contributed by atoms with Gasteiger partial charge in [0.15, 0.2) is 5.96 Å². The summed E-state index contributed by atoms with van der Waals surface area (Å²) in [4.78, 5) is 16.5. The third kappa shape index (κ3) is 7.59. The molecule has 0 bridgehead atoms. The van der Waals surface area contributed by atoms with Crippen LogP contribution in [-0.4, -0.2) is 64.1 Å². The van der Waals surface area contributed by atoms with Crippen LogP contribution in [0.15, 0.2) is 29.3 Å². The molecule has 0 aliphatic carbocycles. The van der Waals surface area contributed by atoms with Gasteiger partial charge in [-0.05, 0) is 49.8 Å². The van der Waals surface area contributed by atoms with E-state index < -0.39 is 0 Å². The molecule has 0 aromatic heterocycles. The molecule has 2 unspecified atom stereocenters. The number of amides is 1. The predicted octanol–water partition coefficient (Wildman–Crippen LogP) is 2.05. The molecule has 2 saturated heterocycles. The van der Waals surface area contributed by atoms with Gasteiger partial charge in [0.05, 0.1) is 12.7 Å². The van der Waals surface area contributed by atoms with E-state index in [0.717, 1.165) is 62.5 Å². The van der Waals surface area contributed by atoms with Crippen molar-refractivity contribution in [2.24, 2.45) is 4.99 Å². The lowest BCUT2D eigenvalue weighted by molar-refractivity contribution is -0.124. The Bertz CT molecular complexity index is 685. The van der Waals surface area contributed by atoms with Crippen molar-refractivity contribution in [3.05, 3.63) is 29.8 Å². The van der Waals surface area contributed by atoms with Gasteiger partial charge in [0.2, 0.25) is 0 Å². The number of ether oxygens (including phenoxy) is 3. The summed E-state index contributed by atoms with van der Waals surface area (Å²) in [5.41, 5.74) is 1.84. The van der Waals surface area contributed by atoms with Gasteiger partial charge in [-0.1, -0.05) is 12.1 Å². The topological polar surface area (TPSA) is 93.2 Å². The van der Waals surface area contributed by atoms with Crippen LogP contribution in [0.2, 0.25) is 0 Å². The van der Waals surface area contributed by atoms with Gasteiger partial charge < -0.3 is 30.2 Å². The van der Waals surface area contributed by atoms with Crippen molar-refractivity contribution in [1.82, 2.24) is 10.6 Å². The quantitative estimate of drug-likeness (QED) is 0.306. The first-order valence-corrected chi connectivity index (χ1v) is 10.9. The minimum Gasteiger partial charge on any atom is -0.379 e. The van der Waals surface area contributed by atoms with Crippen molar-refractivity contribution in [3.8, 4) is 0 Å². The molecule has 2 fully saturated rings. The summed E-state index contributed by atoms with van der Waals surface area (Å²) in [6, 6.07) is 7.80. The van der Waals surface area contributed by atoms with Crippen molar-refractivity contribution in [2.45, 2.75) is 50.9 Å². The molecular weight excluding hydrogens is 384 g/mol. The number of nitrogens with one attached hydrogen (secondary N) is 3. The van der Waals surface area contributed by atoms with Crippen molar-refractivity contribution in [1.29, 1.82) is 0 Å². The van der Waals surface area contributed by atoms with E-state index in [2.05, 4.69) is 20.9 Å². The Balaban J connectivity index is 1.32. The van der Waals surface area contributed by atoms with Crippen LogP contribution in [0.5, 0.6) is 0 Å². The highest BCUT2D eigenvalue weighted by Crippen LogP contribution is 2.16. The van der Waals surface area contributed by atoms with Crippen LogP contribution in [0, 0.1) is 0 Å². The highest BCUT2D eigenvalue weighted by atomic mass is 16.5. The van der Waals surface area contributed by atoms with Crippen molar-refractivity contribution in [3.63, 3.8) is 0 Å². The van der Waals surface area contributed by atoms with Gasteiger partial charge in [-0.2, -0.15) is 0 Å². The Morgan fingerprint density at radius 1 is 1.20 bits per heavy atom. The molecule has 1 amide bonds. The molecule has 1 aromatic rings. The third-order valence-corrected chi connectivity index (χ3v) is 5.19. The number of guanidine groups is 1. The van der Waals surface area contributed by atoms with Crippen LogP contribution in [0.25, 0.3) is 0 Å². The van der Waals surface area contributed by atoms with E-state index in [4.69, 9.17) is 14.2 Å². The largest absolute Gasteiger partial charge is 0.379 e. The van der Waals surface area contributed by atoms with E-state index >= 15 is 0 Å². The summed E-state index contributed by atoms with van der Waals surface area (Å²) in [7, 11) is 1.75. The Hall–Kier alpha value is -2.16. The number of aliphatic imine (C=N–C) groups is 1. The number of hydrogen-bond donors (Lipinski definition) is 3. The lowest BCUT2D eigenvalue weighted by Gasteiger charge is -2.14. The van der Waals surface area contributed by atoms with Crippen LogP contribution in [0.3, 0.4) is 0 Å². The zero-order valence-electron chi connectivity index (χ0n) is 17.8. The maximum atomic E-state index is 12.2. The number of benzene rings is 1. The van der Waals surface area contributed by atoms with Gasteiger partial charge in [0, 0.05) is 45.6 Å². The molecule has 2 atom stereocenters. The SMILES string of the molecule is CN=C(NCCCOCC1CCCO1)NCc1cccc(NC(=O)C2CCCO2)c1. The van der Waals surface area contributed by atoms with Crippen LogP contribution < -0.4 is 16.0 Å². The monoisotopic (exact) mass is 418 g/mol. The fraction of sp³-hybridized carbons (Fsp3) is 0.636. The maximum Gasteiger partial charge on any atom is 0.253 e. The number of nitrogens with zero attached hydrogens (tertiary/aromatic N) is 1. The Kier molecular flexibility index (Phi) is 9.40. The standard InChI is InChI=1S/C22H34N4O4/c1-23-22(24-10-5-11-28-16-19-8-3-12-29-19)25-15-17-6-2-7-18(14-17)26-21(27)20-9-4-13-30-20/h2,6-7,14,19-20H,3-5,8-13,15-16H2,1H3,(H,26,27)(H2,23,24,25). The molecular formula is C22H34N4O4. The first kappa shape index (κ1) is 22.5. The predicted molar refractivity (Wildman–Crippen MR) is 117 cm³/mol. The van der Waals surface area contributed by atoms with Crippen molar-refractivity contribution < 1.29 is 19.0 Å². The maximum absolute atomic E-state index is 12.2. The van der Waals surface area contributed by atoms with Crippen molar-refractivity contribution >= 4 is 17.6 Å². The van der Waals surface area contributed by atoms with E-state index in [1.165, 1.54) is 0 Å². The lowest BCUT2D eigenvalue weighted by Crippen LogP contribution is -2.37. The van der Waals surface area contributed by atoms with Gasteiger partial charge in [-0.25, -0.2) is 0 Å². The molecule has 3 N–H and O–H groups in total. The molecule has 166 valence electrons. The van der Waals surface area contributed by atoms with E-state index in [1.54, 1.807) is 7.05 Å². The summed E-state index contributed by atoms with van der Waals surface area (Å²) in [5.74, 6) is 0.666. The van der Waals surface area contributed by atoms with E-state index in [9.17, 15) is 4.79 Å². The van der Waals surface area contributed by atoms with E-state index in [-0.39, 0.29) is 18.1 Å². The first-order valence-electron chi connectivity index (χ1n) is 10.9. The number of anilines is 1. The van der Waals surface area contributed by atoms with Crippen LogP contribution in [0.1, 0.15) is 37.7 Å². The second kappa shape index (κ2) is 12.5. The Labute approximate surface area is 178 Å². The number of rotatable bonds is 10. The molecule has 1 aromatic carbocycles. The second-order valence-electron chi connectivity index (χ2n) is 7.61. The zero-order valence-corrected chi connectivity index (χ0v) is 17.8. The van der Waals surface area contributed by atoms with Gasteiger partial charge >= 0.3 is 0 Å². The molecule has 0 saturated carbocycles. The summed E-state index contributed by atoms with van der Waals surface area (Å²) in [6.45, 7) is 4.31.